The maximum atomic E-state index is 14.3. The molecule has 4 aromatic rings. The average molecular weight is 483 g/mol. The van der Waals surface area contributed by atoms with E-state index in [1.807, 2.05) is 24.3 Å². The lowest BCUT2D eigenvalue weighted by Gasteiger charge is -2.30. The zero-order valence-corrected chi connectivity index (χ0v) is 19.3. The number of carboxylic acids is 1. The Balaban J connectivity index is 1.58. The number of carboxylic acid groups (broad SMARTS) is 1. The Morgan fingerprint density at radius 3 is 2.63 bits per heavy atom. The summed E-state index contributed by atoms with van der Waals surface area (Å²) in [6.07, 6.45) is 3.31. The molecule has 0 saturated heterocycles. The fraction of sp³-hybridized carbons (Fsp3) is 0.107. The molecule has 0 bridgehead atoms. The molecule has 0 saturated carbocycles. The van der Waals surface area contributed by atoms with Gasteiger partial charge in [-0.2, -0.15) is 0 Å². The number of aromatic nitrogens is 1. The van der Waals surface area contributed by atoms with Crippen molar-refractivity contribution in [3.05, 3.63) is 132 Å². The molecule has 1 aromatic heterocycles. The summed E-state index contributed by atoms with van der Waals surface area (Å²) in [5.74, 6) is -1.35. The van der Waals surface area contributed by atoms with E-state index in [1.165, 1.54) is 41.2 Å². The van der Waals surface area contributed by atoms with Gasteiger partial charge in [-0.05, 0) is 65.4 Å². The topological polar surface area (TPSA) is 71.7 Å². The van der Waals surface area contributed by atoms with Gasteiger partial charge < -0.3 is 5.11 Å². The molecule has 0 unspecified atom stereocenters. The number of nitrogens with zero attached hydrogens (tertiary/aromatic N) is 2. The molecule has 6 rings (SSSR count). The van der Waals surface area contributed by atoms with Crippen LogP contribution in [-0.4, -0.2) is 15.6 Å². The molecule has 0 radical (unpaired) electrons. The number of rotatable bonds is 3. The van der Waals surface area contributed by atoms with E-state index in [-0.39, 0.29) is 16.9 Å². The minimum atomic E-state index is -1.00. The Morgan fingerprint density at radius 2 is 1.86 bits per heavy atom. The van der Waals surface area contributed by atoms with Crippen molar-refractivity contribution in [2.24, 2.45) is 4.99 Å². The van der Waals surface area contributed by atoms with E-state index >= 15 is 0 Å². The van der Waals surface area contributed by atoms with E-state index in [2.05, 4.69) is 6.07 Å². The van der Waals surface area contributed by atoms with Gasteiger partial charge in [-0.3, -0.25) is 9.36 Å². The van der Waals surface area contributed by atoms with Crippen molar-refractivity contribution >= 4 is 29.1 Å². The van der Waals surface area contributed by atoms with Crippen LogP contribution in [0.25, 0.3) is 11.8 Å². The second-order valence-electron chi connectivity index (χ2n) is 8.60. The number of aromatic carboxylic acids is 1. The maximum Gasteiger partial charge on any atom is 0.335 e. The summed E-state index contributed by atoms with van der Waals surface area (Å²) >= 11 is 1.28. The fourth-order valence-corrected chi connectivity index (χ4v) is 5.87. The van der Waals surface area contributed by atoms with Crippen LogP contribution < -0.4 is 14.9 Å². The van der Waals surface area contributed by atoms with Crippen molar-refractivity contribution in [1.29, 1.82) is 0 Å². The van der Waals surface area contributed by atoms with Crippen molar-refractivity contribution in [2.75, 3.05) is 0 Å². The van der Waals surface area contributed by atoms with Gasteiger partial charge in [-0.25, -0.2) is 14.2 Å². The van der Waals surface area contributed by atoms with Crippen LogP contribution in [0.2, 0.25) is 0 Å². The van der Waals surface area contributed by atoms with Crippen molar-refractivity contribution in [1.82, 2.24) is 4.57 Å². The first-order valence-electron chi connectivity index (χ1n) is 11.2. The monoisotopic (exact) mass is 482 g/mol. The highest BCUT2D eigenvalue weighted by Gasteiger charge is 2.32. The Bertz CT molecular complexity index is 1710. The average Bonchev–Trinajstić information content (AvgIpc) is 3.17. The molecule has 172 valence electrons. The summed E-state index contributed by atoms with van der Waals surface area (Å²) in [6.45, 7) is 0. The van der Waals surface area contributed by atoms with Crippen LogP contribution in [0.15, 0.2) is 88.2 Å². The Morgan fingerprint density at radius 1 is 1.06 bits per heavy atom. The van der Waals surface area contributed by atoms with Crippen LogP contribution in [0.3, 0.4) is 0 Å². The number of hydrogen-bond donors (Lipinski definition) is 1. The van der Waals surface area contributed by atoms with Gasteiger partial charge in [-0.15, -0.1) is 0 Å². The van der Waals surface area contributed by atoms with E-state index < -0.39 is 12.0 Å². The smallest absolute Gasteiger partial charge is 0.335 e. The first kappa shape index (κ1) is 21.4. The molecular formula is C28H19FN2O3S. The molecule has 7 heteroatoms. The van der Waals surface area contributed by atoms with Crippen LogP contribution in [0, 0.1) is 5.82 Å². The highest BCUT2D eigenvalue weighted by Crippen LogP contribution is 2.41. The minimum absolute atomic E-state index is 0.182. The fourth-order valence-electron chi connectivity index (χ4n) is 4.87. The number of thiazole rings is 1. The van der Waals surface area contributed by atoms with Crippen LogP contribution in [0.4, 0.5) is 4.39 Å². The summed E-state index contributed by atoms with van der Waals surface area (Å²) in [4.78, 5) is 30.3. The molecule has 1 aliphatic carbocycles. The lowest BCUT2D eigenvalue weighted by molar-refractivity contribution is 0.0697. The largest absolute Gasteiger partial charge is 0.478 e. The standard InChI is InChI=1S/C28H19FN2O3S/c29-20-6-3-5-19(15-20)25-22-13-12-17-4-1-2-7-21(17)24(22)30-28-31(25)26(32)23(35-28)14-16-8-10-18(11-9-16)27(33)34/h1-11,14-15,25H,12-13H2,(H,33,34)/b23-14-/t25-/m0/s1. The van der Waals surface area contributed by atoms with Crippen molar-refractivity contribution < 1.29 is 14.3 Å². The zero-order valence-electron chi connectivity index (χ0n) is 18.4. The van der Waals surface area contributed by atoms with E-state index in [4.69, 9.17) is 10.1 Å². The van der Waals surface area contributed by atoms with E-state index in [0.29, 0.717) is 14.9 Å². The van der Waals surface area contributed by atoms with E-state index in [0.717, 1.165) is 35.2 Å². The third-order valence-corrected chi connectivity index (χ3v) is 7.48. The number of fused-ring (bicyclic) bond motifs is 3. The lowest BCUT2D eigenvalue weighted by atomic mass is 9.83. The third kappa shape index (κ3) is 3.65. The molecule has 0 fully saturated rings. The molecule has 5 nitrogen and oxygen atoms in total. The summed E-state index contributed by atoms with van der Waals surface area (Å²) < 4.78 is 16.4. The van der Waals surface area contributed by atoms with Gasteiger partial charge in [0.1, 0.15) is 5.82 Å². The third-order valence-electron chi connectivity index (χ3n) is 6.49. The highest BCUT2D eigenvalue weighted by atomic mass is 32.1. The summed E-state index contributed by atoms with van der Waals surface area (Å²) in [7, 11) is 0. The molecule has 2 heterocycles. The van der Waals surface area contributed by atoms with Gasteiger partial charge in [-0.1, -0.05) is 59.9 Å². The lowest BCUT2D eigenvalue weighted by Crippen LogP contribution is -2.38. The molecule has 3 aromatic carbocycles. The summed E-state index contributed by atoms with van der Waals surface area (Å²) in [5, 5.41) is 9.14. The molecule has 35 heavy (non-hydrogen) atoms. The number of benzene rings is 3. The van der Waals surface area contributed by atoms with Gasteiger partial charge in [0, 0.05) is 5.56 Å². The molecule has 0 spiro atoms. The van der Waals surface area contributed by atoms with Crippen LogP contribution in [0.1, 0.15) is 45.1 Å². The van der Waals surface area contributed by atoms with Gasteiger partial charge in [0.05, 0.1) is 21.8 Å². The van der Waals surface area contributed by atoms with Gasteiger partial charge in [0.15, 0.2) is 4.80 Å². The normalized spacial score (nSPS) is 16.8. The zero-order chi connectivity index (χ0) is 24.1. The molecule has 0 amide bonds. The molecule has 2 aliphatic rings. The number of carbonyl (C=O) groups is 1. The van der Waals surface area contributed by atoms with E-state index in [9.17, 15) is 14.0 Å². The Kier molecular flexibility index (Phi) is 5.07. The molecular weight excluding hydrogens is 463 g/mol. The van der Waals surface area contributed by atoms with Gasteiger partial charge in [0.2, 0.25) is 0 Å². The SMILES string of the molecule is O=C(O)c1ccc(/C=c2\sc3n(c2=O)[C@@H](c2cccc(F)c2)C2=C(N=3)c3ccccc3CC2)cc1. The predicted molar refractivity (Wildman–Crippen MR) is 133 cm³/mol. The van der Waals surface area contributed by atoms with Crippen LogP contribution in [0.5, 0.6) is 0 Å². The second kappa shape index (κ2) is 8.29. The van der Waals surface area contributed by atoms with E-state index in [1.54, 1.807) is 28.8 Å². The first-order valence-corrected chi connectivity index (χ1v) is 12.0. The molecule has 1 N–H and O–H groups in total. The van der Waals surface area contributed by atoms with Crippen LogP contribution >= 0.6 is 11.3 Å². The number of allylic oxidation sites excluding steroid dienone is 1. The number of halogens is 1. The Labute approximate surface area is 203 Å². The highest BCUT2D eigenvalue weighted by molar-refractivity contribution is 7.07. The first-order chi connectivity index (χ1) is 17.0. The van der Waals surface area contributed by atoms with Crippen molar-refractivity contribution in [3.63, 3.8) is 0 Å². The minimum Gasteiger partial charge on any atom is -0.478 e. The Hall–Kier alpha value is -4.10. The van der Waals surface area contributed by atoms with Crippen molar-refractivity contribution in [2.45, 2.75) is 18.9 Å². The molecule has 1 aliphatic heterocycles. The predicted octanol–water partition coefficient (Wildman–Crippen LogP) is 4.16. The maximum absolute atomic E-state index is 14.3. The number of hydrogen-bond acceptors (Lipinski definition) is 4. The summed E-state index contributed by atoms with van der Waals surface area (Å²) in [5.41, 5.74) is 5.56. The van der Waals surface area contributed by atoms with Crippen LogP contribution in [-0.2, 0) is 6.42 Å². The molecule has 1 atom stereocenters. The quantitative estimate of drug-likeness (QED) is 0.477. The van der Waals surface area contributed by atoms with Gasteiger partial charge in [0.25, 0.3) is 5.56 Å². The summed E-state index contributed by atoms with van der Waals surface area (Å²) in [6, 6.07) is 20.5. The second-order valence-corrected chi connectivity index (χ2v) is 9.60. The van der Waals surface area contributed by atoms with Crippen molar-refractivity contribution in [3.8, 4) is 0 Å². The number of aryl methyl sites for hydroxylation is 1. The van der Waals surface area contributed by atoms with Gasteiger partial charge >= 0.3 is 5.97 Å².